The monoisotopic (exact) mass is 300 g/mol. The largest absolute Gasteiger partial charge is 0.399 e. The molecule has 1 amide bonds. The first kappa shape index (κ1) is 13.6. The lowest BCUT2D eigenvalue weighted by molar-refractivity contribution is 0.0956. The first-order valence-corrected chi connectivity index (χ1v) is 7.57. The van der Waals surface area contributed by atoms with Gasteiger partial charge in [0, 0.05) is 41.1 Å². The zero-order valence-corrected chi connectivity index (χ0v) is 12.5. The summed E-state index contributed by atoms with van der Waals surface area (Å²) in [5.41, 5.74) is 8.93. The van der Waals surface area contributed by atoms with E-state index in [1.807, 2.05) is 24.4 Å². The van der Waals surface area contributed by atoms with Crippen molar-refractivity contribution in [2.75, 3.05) is 12.3 Å². The number of amides is 1. The lowest BCUT2D eigenvalue weighted by atomic mass is 10.1. The SMILES string of the molecule is Cc1nc(CCNC(=O)c2c[nH]c3cc(N)ccc23)cs1. The topological polar surface area (TPSA) is 83.8 Å². The van der Waals surface area contributed by atoms with Gasteiger partial charge < -0.3 is 16.0 Å². The van der Waals surface area contributed by atoms with Crippen molar-refractivity contribution in [2.45, 2.75) is 13.3 Å². The molecule has 0 aliphatic rings. The summed E-state index contributed by atoms with van der Waals surface area (Å²) in [4.78, 5) is 19.7. The minimum absolute atomic E-state index is 0.0852. The van der Waals surface area contributed by atoms with E-state index in [-0.39, 0.29) is 5.91 Å². The zero-order valence-electron chi connectivity index (χ0n) is 11.6. The standard InChI is InChI=1S/C15H16N4OS/c1-9-19-11(8-21-9)4-5-17-15(20)13-7-18-14-6-10(16)2-3-12(13)14/h2-3,6-8,18H,4-5,16H2,1H3,(H,17,20). The predicted molar refractivity (Wildman–Crippen MR) is 85.6 cm³/mol. The summed E-state index contributed by atoms with van der Waals surface area (Å²) in [5.74, 6) is -0.0852. The van der Waals surface area contributed by atoms with Crippen LogP contribution in [0.2, 0.25) is 0 Å². The third kappa shape index (κ3) is 2.90. The maximum absolute atomic E-state index is 12.2. The average molecular weight is 300 g/mol. The summed E-state index contributed by atoms with van der Waals surface area (Å²) < 4.78 is 0. The first-order valence-electron chi connectivity index (χ1n) is 6.69. The van der Waals surface area contributed by atoms with Gasteiger partial charge in [-0.3, -0.25) is 4.79 Å². The Bertz CT molecular complexity index is 790. The second-order valence-electron chi connectivity index (χ2n) is 4.87. The molecule has 0 atom stereocenters. The summed E-state index contributed by atoms with van der Waals surface area (Å²) in [6, 6.07) is 5.48. The van der Waals surface area contributed by atoms with Gasteiger partial charge in [0.1, 0.15) is 0 Å². The van der Waals surface area contributed by atoms with Crippen molar-refractivity contribution in [3.8, 4) is 0 Å². The van der Waals surface area contributed by atoms with Crippen molar-refractivity contribution in [2.24, 2.45) is 0 Å². The number of carbonyl (C=O) groups is 1. The molecule has 1 aromatic carbocycles. The van der Waals surface area contributed by atoms with E-state index < -0.39 is 0 Å². The van der Waals surface area contributed by atoms with Crippen molar-refractivity contribution in [3.05, 3.63) is 46.0 Å². The van der Waals surface area contributed by atoms with Gasteiger partial charge in [-0.05, 0) is 25.1 Å². The Morgan fingerprint density at radius 3 is 3.10 bits per heavy atom. The third-order valence-corrected chi connectivity index (χ3v) is 4.11. The van der Waals surface area contributed by atoms with E-state index in [1.165, 1.54) is 0 Å². The van der Waals surface area contributed by atoms with Crippen molar-refractivity contribution in [3.63, 3.8) is 0 Å². The predicted octanol–water partition coefficient (Wildman–Crippen LogP) is 2.49. The Balaban J connectivity index is 1.66. The molecule has 0 saturated heterocycles. The van der Waals surface area contributed by atoms with E-state index in [4.69, 9.17) is 5.73 Å². The second kappa shape index (κ2) is 5.57. The fraction of sp³-hybridized carbons (Fsp3) is 0.200. The normalized spacial score (nSPS) is 10.9. The average Bonchev–Trinajstić information content (AvgIpc) is 3.04. The lowest BCUT2D eigenvalue weighted by Crippen LogP contribution is -2.25. The van der Waals surface area contributed by atoms with E-state index in [1.54, 1.807) is 23.6 Å². The van der Waals surface area contributed by atoms with Gasteiger partial charge in [-0.1, -0.05) is 0 Å². The summed E-state index contributed by atoms with van der Waals surface area (Å²) in [5, 5.41) is 6.88. The van der Waals surface area contributed by atoms with E-state index in [2.05, 4.69) is 15.3 Å². The fourth-order valence-corrected chi connectivity index (χ4v) is 2.90. The molecule has 0 aliphatic heterocycles. The maximum atomic E-state index is 12.2. The number of rotatable bonds is 4. The van der Waals surface area contributed by atoms with Crippen LogP contribution in [0.5, 0.6) is 0 Å². The molecule has 0 spiro atoms. The van der Waals surface area contributed by atoms with Crippen LogP contribution >= 0.6 is 11.3 Å². The van der Waals surface area contributed by atoms with Crippen molar-refractivity contribution in [1.82, 2.24) is 15.3 Å². The highest BCUT2D eigenvalue weighted by molar-refractivity contribution is 7.09. The summed E-state index contributed by atoms with van der Waals surface area (Å²) in [6.07, 6.45) is 2.46. The molecule has 2 heterocycles. The highest BCUT2D eigenvalue weighted by Crippen LogP contribution is 2.20. The Morgan fingerprint density at radius 1 is 1.48 bits per heavy atom. The van der Waals surface area contributed by atoms with Gasteiger partial charge in [-0.15, -0.1) is 11.3 Å². The van der Waals surface area contributed by atoms with Crippen LogP contribution in [0.4, 0.5) is 5.69 Å². The van der Waals surface area contributed by atoms with Crippen LogP contribution in [0.3, 0.4) is 0 Å². The van der Waals surface area contributed by atoms with Crippen molar-refractivity contribution >= 4 is 33.8 Å². The van der Waals surface area contributed by atoms with Gasteiger partial charge in [0.2, 0.25) is 0 Å². The number of anilines is 1. The molecule has 0 aliphatic carbocycles. The van der Waals surface area contributed by atoms with Crippen LogP contribution in [0, 0.1) is 6.92 Å². The zero-order chi connectivity index (χ0) is 14.8. The van der Waals surface area contributed by atoms with Crippen LogP contribution < -0.4 is 11.1 Å². The van der Waals surface area contributed by atoms with Gasteiger partial charge in [0.15, 0.2) is 0 Å². The number of nitrogens with one attached hydrogen (secondary N) is 2. The number of nitrogens with two attached hydrogens (primary N) is 1. The maximum Gasteiger partial charge on any atom is 0.253 e. The molecule has 0 saturated carbocycles. The number of aryl methyl sites for hydroxylation is 1. The Hall–Kier alpha value is -2.34. The van der Waals surface area contributed by atoms with E-state index in [0.29, 0.717) is 17.8 Å². The molecule has 5 nitrogen and oxygen atoms in total. The molecule has 3 aromatic rings. The molecular weight excluding hydrogens is 284 g/mol. The molecule has 0 bridgehead atoms. The van der Waals surface area contributed by atoms with Gasteiger partial charge in [-0.25, -0.2) is 4.98 Å². The van der Waals surface area contributed by atoms with Crippen molar-refractivity contribution < 1.29 is 4.79 Å². The van der Waals surface area contributed by atoms with E-state index in [9.17, 15) is 4.79 Å². The molecule has 0 unspecified atom stereocenters. The molecule has 108 valence electrons. The number of fused-ring (bicyclic) bond motifs is 1. The number of hydrogen-bond acceptors (Lipinski definition) is 4. The quantitative estimate of drug-likeness (QED) is 0.647. The number of H-pyrrole nitrogens is 1. The summed E-state index contributed by atoms with van der Waals surface area (Å²) in [7, 11) is 0. The molecule has 6 heteroatoms. The Morgan fingerprint density at radius 2 is 2.33 bits per heavy atom. The first-order chi connectivity index (χ1) is 10.1. The minimum atomic E-state index is -0.0852. The van der Waals surface area contributed by atoms with Crippen LogP contribution in [0.1, 0.15) is 21.1 Å². The van der Waals surface area contributed by atoms with Gasteiger partial charge in [0.25, 0.3) is 5.91 Å². The smallest absolute Gasteiger partial charge is 0.253 e. The molecule has 0 radical (unpaired) electrons. The van der Waals surface area contributed by atoms with Crippen LogP contribution in [-0.2, 0) is 6.42 Å². The fourth-order valence-electron chi connectivity index (χ4n) is 2.25. The molecule has 21 heavy (non-hydrogen) atoms. The molecule has 0 fully saturated rings. The van der Waals surface area contributed by atoms with Gasteiger partial charge >= 0.3 is 0 Å². The van der Waals surface area contributed by atoms with Crippen LogP contribution in [0.15, 0.2) is 29.8 Å². The molecule has 3 rings (SSSR count). The number of aromatic nitrogens is 2. The van der Waals surface area contributed by atoms with Gasteiger partial charge in [0.05, 0.1) is 16.3 Å². The second-order valence-corrected chi connectivity index (χ2v) is 5.93. The number of aromatic amines is 1. The highest BCUT2D eigenvalue weighted by atomic mass is 32.1. The number of nitrogen functional groups attached to an aromatic ring is 1. The van der Waals surface area contributed by atoms with E-state index in [0.717, 1.165) is 28.0 Å². The number of thiazole rings is 1. The third-order valence-electron chi connectivity index (χ3n) is 3.28. The number of nitrogens with zero attached hydrogens (tertiary/aromatic N) is 1. The minimum Gasteiger partial charge on any atom is -0.399 e. The molecule has 2 aromatic heterocycles. The van der Waals surface area contributed by atoms with E-state index >= 15 is 0 Å². The Labute approximate surface area is 126 Å². The Kier molecular flexibility index (Phi) is 3.62. The molecule has 4 N–H and O–H groups in total. The van der Waals surface area contributed by atoms with Crippen LogP contribution in [0.25, 0.3) is 10.9 Å². The number of carbonyl (C=O) groups excluding carboxylic acids is 1. The number of benzene rings is 1. The summed E-state index contributed by atoms with van der Waals surface area (Å²) >= 11 is 1.62. The van der Waals surface area contributed by atoms with Gasteiger partial charge in [-0.2, -0.15) is 0 Å². The number of hydrogen-bond donors (Lipinski definition) is 3. The lowest BCUT2D eigenvalue weighted by Gasteiger charge is -2.03. The highest BCUT2D eigenvalue weighted by Gasteiger charge is 2.11. The molecular formula is C15H16N4OS. The van der Waals surface area contributed by atoms with Crippen molar-refractivity contribution in [1.29, 1.82) is 0 Å². The van der Waals surface area contributed by atoms with Crippen LogP contribution in [-0.4, -0.2) is 22.4 Å². The summed E-state index contributed by atoms with van der Waals surface area (Å²) in [6.45, 7) is 2.55.